The van der Waals surface area contributed by atoms with Gasteiger partial charge in [0.2, 0.25) is 0 Å². The average Bonchev–Trinajstić information content (AvgIpc) is 3.44. The number of aromatic nitrogens is 3. The van der Waals surface area contributed by atoms with E-state index in [1.807, 2.05) is 61.5 Å². The number of fused-ring (bicyclic) bond motifs is 2. The number of methoxy groups -OCH3 is 1. The van der Waals surface area contributed by atoms with Crippen LogP contribution in [-0.4, -0.2) is 45.0 Å². The lowest BCUT2D eigenvalue weighted by atomic mass is 9.91. The molecule has 0 fully saturated rings. The van der Waals surface area contributed by atoms with E-state index in [0.717, 1.165) is 40.0 Å². The van der Waals surface area contributed by atoms with Crippen LogP contribution < -0.4 is 9.47 Å². The second-order valence-electron chi connectivity index (χ2n) is 12.3. The third-order valence-electron chi connectivity index (χ3n) is 8.04. The van der Waals surface area contributed by atoms with E-state index in [9.17, 15) is 9.90 Å². The van der Waals surface area contributed by atoms with Crippen LogP contribution in [0.2, 0.25) is 0 Å². The predicted octanol–water partition coefficient (Wildman–Crippen LogP) is 7.76. The molecule has 1 aliphatic rings. The molecule has 0 bridgehead atoms. The van der Waals surface area contributed by atoms with Crippen molar-refractivity contribution >= 4 is 11.6 Å². The summed E-state index contributed by atoms with van der Waals surface area (Å²) >= 11 is 0. The minimum atomic E-state index is -1.38. The monoisotopic (exact) mass is 609 g/mol. The first kappa shape index (κ1) is 30.3. The molecule has 45 heavy (non-hydrogen) atoms. The quantitative estimate of drug-likeness (QED) is 0.202. The summed E-state index contributed by atoms with van der Waals surface area (Å²) in [4.78, 5) is 17.6. The second kappa shape index (κ2) is 11.6. The lowest BCUT2D eigenvalue weighted by Crippen LogP contribution is -2.29. The van der Waals surface area contributed by atoms with Crippen LogP contribution in [-0.2, 0) is 16.0 Å². The number of benzene rings is 3. The van der Waals surface area contributed by atoms with Crippen LogP contribution >= 0.6 is 0 Å². The number of hydrogen-bond donors (Lipinski definition) is 1. The molecule has 1 N–H and O–H groups in total. The van der Waals surface area contributed by atoms with Crippen molar-refractivity contribution in [2.24, 2.45) is 0 Å². The number of rotatable bonds is 7. The van der Waals surface area contributed by atoms with Crippen molar-refractivity contribution in [2.75, 3.05) is 13.7 Å². The van der Waals surface area contributed by atoms with Gasteiger partial charge in [0.05, 0.1) is 30.7 Å². The normalized spacial score (nSPS) is 13.8. The molecular formula is C36H36FN3O5. The molecule has 0 unspecified atom stereocenters. The lowest BCUT2D eigenvalue weighted by Gasteiger charge is -2.28. The van der Waals surface area contributed by atoms with Crippen molar-refractivity contribution in [3.05, 3.63) is 88.9 Å². The Balaban J connectivity index is 1.61. The summed E-state index contributed by atoms with van der Waals surface area (Å²) in [7, 11) is 1.64. The highest BCUT2D eigenvalue weighted by atomic mass is 19.1. The van der Waals surface area contributed by atoms with Crippen molar-refractivity contribution in [3.63, 3.8) is 0 Å². The van der Waals surface area contributed by atoms with Gasteiger partial charge in [-0.15, -0.1) is 0 Å². The van der Waals surface area contributed by atoms with Gasteiger partial charge in [-0.25, -0.2) is 18.7 Å². The minimum Gasteiger partial charge on any atom is -0.497 e. The van der Waals surface area contributed by atoms with Gasteiger partial charge in [0, 0.05) is 34.0 Å². The van der Waals surface area contributed by atoms with Crippen molar-refractivity contribution in [1.82, 2.24) is 14.6 Å². The maximum atomic E-state index is 15.7. The molecule has 2 aromatic heterocycles. The van der Waals surface area contributed by atoms with E-state index in [1.54, 1.807) is 39.3 Å². The van der Waals surface area contributed by atoms with Gasteiger partial charge in [0.15, 0.2) is 23.3 Å². The van der Waals surface area contributed by atoms with Crippen LogP contribution in [0.3, 0.4) is 0 Å². The van der Waals surface area contributed by atoms with Gasteiger partial charge in [-0.3, -0.25) is 0 Å². The Morgan fingerprint density at radius 2 is 1.76 bits per heavy atom. The molecule has 3 heterocycles. The third-order valence-corrected chi connectivity index (χ3v) is 8.04. The standard InChI is InChI=1S/C36H36FN3O5/c1-20-26-14-9-15-44-33(26)28(37)18-27(20)32-31(34(35(41)42)45-36(3,4)5)21(2)38-30-19-29(39-40(30)32)24-12-7-10-22(16-24)23-11-8-13-25(17-23)43-6/h7-8,10-13,16-19,34H,9,14-15H2,1-6H3,(H,41,42)/t34-/m0/s1. The number of aryl methyl sites for hydroxylation is 1. The van der Waals surface area contributed by atoms with Crippen molar-refractivity contribution in [2.45, 2.75) is 59.2 Å². The fourth-order valence-corrected chi connectivity index (χ4v) is 6.00. The first-order valence-electron chi connectivity index (χ1n) is 15.0. The summed E-state index contributed by atoms with van der Waals surface area (Å²) in [6.07, 6.45) is 0.0293. The zero-order chi connectivity index (χ0) is 32.0. The number of carboxylic acid groups (broad SMARTS) is 1. The average molecular weight is 610 g/mol. The molecule has 232 valence electrons. The van der Waals surface area contributed by atoms with E-state index in [-0.39, 0.29) is 5.75 Å². The maximum absolute atomic E-state index is 15.7. The number of hydrogen-bond acceptors (Lipinski definition) is 6. The summed E-state index contributed by atoms with van der Waals surface area (Å²) < 4.78 is 34.5. The van der Waals surface area contributed by atoms with E-state index < -0.39 is 23.5 Å². The molecule has 3 aromatic carbocycles. The van der Waals surface area contributed by atoms with Crippen LogP contribution in [0.25, 0.3) is 39.3 Å². The molecule has 0 saturated carbocycles. The largest absolute Gasteiger partial charge is 0.497 e. The predicted molar refractivity (Wildman–Crippen MR) is 170 cm³/mol. The summed E-state index contributed by atoms with van der Waals surface area (Å²) in [5.74, 6) is -0.664. The van der Waals surface area contributed by atoms with Crippen LogP contribution in [0.15, 0.2) is 60.7 Å². The number of nitrogens with zero attached hydrogens (tertiary/aromatic N) is 3. The van der Waals surface area contributed by atoms with Crippen molar-refractivity contribution in [3.8, 4) is 45.1 Å². The first-order valence-corrected chi connectivity index (χ1v) is 15.0. The Labute approximate surface area is 261 Å². The maximum Gasteiger partial charge on any atom is 0.337 e. The van der Waals surface area contributed by atoms with Crippen molar-refractivity contribution in [1.29, 1.82) is 0 Å². The Morgan fingerprint density at radius 3 is 2.47 bits per heavy atom. The number of ether oxygens (including phenoxy) is 3. The van der Waals surface area contributed by atoms with Crippen molar-refractivity contribution < 1.29 is 28.5 Å². The fourth-order valence-electron chi connectivity index (χ4n) is 6.00. The molecule has 8 nitrogen and oxygen atoms in total. The van der Waals surface area contributed by atoms with Gasteiger partial charge >= 0.3 is 5.97 Å². The molecular weight excluding hydrogens is 573 g/mol. The van der Waals surface area contributed by atoms with E-state index in [0.29, 0.717) is 46.9 Å². The molecule has 0 radical (unpaired) electrons. The lowest BCUT2D eigenvalue weighted by molar-refractivity contribution is -0.160. The second-order valence-corrected chi connectivity index (χ2v) is 12.3. The molecule has 0 aliphatic carbocycles. The summed E-state index contributed by atoms with van der Waals surface area (Å²) in [5.41, 5.74) is 6.45. The molecule has 0 amide bonds. The SMILES string of the molecule is COc1cccc(-c2cccc(-c3cc4nc(C)c([C@H](OC(C)(C)C)C(=O)O)c(-c5cc(F)c6c(c5C)CCCO6)n4n3)c2)c1. The Bertz CT molecular complexity index is 1940. The van der Waals surface area contributed by atoms with Crippen LogP contribution in [0, 0.1) is 19.7 Å². The molecule has 0 spiro atoms. The number of carbonyl (C=O) groups is 1. The highest BCUT2D eigenvalue weighted by Gasteiger charge is 2.34. The van der Waals surface area contributed by atoms with E-state index in [1.165, 1.54) is 6.07 Å². The zero-order valence-electron chi connectivity index (χ0n) is 26.3. The smallest absolute Gasteiger partial charge is 0.337 e. The molecule has 1 atom stereocenters. The highest BCUT2D eigenvalue weighted by Crippen LogP contribution is 2.42. The van der Waals surface area contributed by atoms with E-state index in [4.69, 9.17) is 24.3 Å². The number of halogens is 1. The topological polar surface area (TPSA) is 95.2 Å². The first-order chi connectivity index (χ1) is 21.4. The molecule has 6 rings (SSSR count). The molecule has 1 aliphatic heterocycles. The van der Waals surface area contributed by atoms with Gasteiger partial charge in [-0.1, -0.05) is 30.3 Å². The van der Waals surface area contributed by atoms with Gasteiger partial charge in [-0.05, 0) is 88.4 Å². The Kier molecular flexibility index (Phi) is 7.82. The highest BCUT2D eigenvalue weighted by molar-refractivity contribution is 5.83. The minimum absolute atomic E-state index is 0.252. The van der Waals surface area contributed by atoms with Gasteiger partial charge in [0.1, 0.15) is 5.75 Å². The van der Waals surface area contributed by atoms with Gasteiger partial charge in [0.25, 0.3) is 0 Å². The number of aliphatic carboxylic acids is 1. The zero-order valence-corrected chi connectivity index (χ0v) is 26.3. The summed E-state index contributed by atoms with van der Waals surface area (Å²) in [5, 5.41) is 15.4. The summed E-state index contributed by atoms with van der Waals surface area (Å²) in [6, 6.07) is 19.1. The summed E-state index contributed by atoms with van der Waals surface area (Å²) in [6.45, 7) is 9.51. The number of carboxylic acids is 1. The molecule has 9 heteroatoms. The Hall–Kier alpha value is -4.76. The molecule has 5 aromatic rings. The van der Waals surface area contributed by atoms with Crippen LogP contribution in [0.4, 0.5) is 4.39 Å². The molecule has 0 saturated heterocycles. The van der Waals surface area contributed by atoms with Gasteiger partial charge < -0.3 is 19.3 Å². The third kappa shape index (κ3) is 5.76. The van der Waals surface area contributed by atoms with Crippen LogP contribution in [0.5, 0.6) is 11.5 Å². The fraction of sp³-hybridized carbons (Fsp3) is 0.306. The Morgan fingerprint density at radius 1 is 1.04 bits per heavy atom. The van der Waals surface area contributed by atoms with E-state index >= 15 is 4.39 Å². The van der Waals surface area contributed by atoms with E-state index in [2.05, 4.69) is 0 Å². The van der Waals surface area contributed by atoms with Gasteiger partial charge in [-0.2, -0.15) is 5.10 Å². The van der Waals surface area contributed by atoms with Crippen LogP contribution in [0.1, 0.15) is 55.7 Å².